The van der Waals surface area contributed by atoms with Crippen molar-refractivity contribution in [2.45, 2.75) is 6.54 Å². The first-order valence-electron chi connectivity index (χ1n) is 10.3. The zero-order valence-corrected chi connectivity index (χ0v) is 16.9. The average molecular weight is 392 g/mol. The van der Waals surface area contributed by atoms with E-state index >= 15 is 0 Å². The Morgan fingerprint density at radius 2 is 1.59 bits per heavy atom. The Morgan fingerprint density at radius 1 is 0.897 bits per heavy atom. The zero-order valence-electron chi connectivity index (χ0n) is 16.9. The Bertz CT molecular complexity index is 958. The van der Waals surface area contributed by atoms with Gasteiger partial charge in [0.05, 0.1) is 7.11 Å². The molecular formula is C24H29N3O2+2. The average Bonchev–Trinajstić information content (AvgIpc) is 2.76. The van der Waals surface area contributed by atoms with E-state index in [2.05, 4.69) is 35.6 Å². The van der Waals surface area contributed by atoms with E-state index in [1.54, 1.807) is 12.0 Å². The Kier molecular flexibility index (Phi) is 6.08. The maximum Gasteiger partial charge on any atom is 0.279 e. The Hall–Kier alpha value is -2.89. The summed E-state index contributed by atoms with van der Waals surface area (Å²) in [6.45, 7) is 5.77. The van der Waals surface area contributed by atoms with E-state index in [-0.39, 0.29) is 5.91 Å². The van der Waals surface area contributed by atoms with E-state index in [1.807, 2.05) is 36.4 Å². The third-order valence-electron chi connectivity index (χ3n) is 5.75. The number of anilines is 1. The SMILES string of the molecule is COc1ccc(C[NH+]2CC[NH+](CC(=O)Nc3cccc4ccccc34)CC2)cc1. The van der Waals surface area contributed by atoms with Crippen LogP contribution < -0.4 is 19.9 Å². The van der Waals surface area contributed by atoms with Crippen molar-refractivity contribution in [3.8, 4) is 5.75 Å². The molecule has 3 aromatic rings. The fraction of sp³-hybridized carbons (Fsp3) is 0.292. The summed E-state index contributed by atoms with van der Waals surface area (Å²) in [5.74, 6) is 0.991. The quantitative estimate of drug-likeness (QED) is 0.581. The molecule has 0 aliphatic carbocycles. The van der Waals surface area contributed by atoms with Crippen LogP contribution in [0, 0.1) is 0 Å². The van der Waals surface area contributed by atoms with Crippen LogP contribution in [0.1, 0.15) is 5.56 Å². The Labute approximate surface area is 171 Å². The molecule has 0 unspecified atom stereocenters. The number of methoxy groups -OCH3 is 1. The number of hydrogen-bond donors (Lipinski definition) is 3. The number of carbonyl (C=O) groups excluding carboxylic acids is 1. The second-order valence-electron chi connectivity index (χ2n) is 7.78. The first-order chi connectivity index (χ1) is 14.2. The summed E-state index contributed by atoms with van der Waals surface area (Å²) in [6, 6.07) is 22.5. The highest BCUT2D eigenvalue weighted by Crippen LogP contribution is 2.22. The van der Waals surface area contributed by atoms with Crippen LogP contribution in [-0.4, -0.2) is 45.7 Å². The molecule has 3 N–H and O–H groups in total. The van der Waals surface area contributed by atoms with Crippen molar-refractivity contribution in [2.24, 2.45) is 0 Å². The Morgan fingerprint density at radius 3 is 2.34 bits per heavy atom. The van der Waals surface area contributed by atoms with Crippen LogP contribution in [0.25, 0.3) is 10.8 Å². The van der Waals surface area contributed by atoms with Gasteiger partial charge in [-0.25, -0.2) is 0 Å². The van der Waals surface area contributed by atoms with Crippen molar-refractivity contribution in [3.63, 3.8) is 0 Å². The van der Waals surface area contributed by atoms with Crippen molar-refractivity contribution in [1.29, 1.82) is 0 Å². The van der Waals surface area contributed by atoms with Crippen LogP contribution in [0.3, 0.4) is 0 Å². The second-order valence-corrected chi connectivity index (χ2v) is 7.78. The monoisotopic (exact) mass is 391 g/mol. The minimum atomic E-state index is 0.0926. The normalized spacial score (nSPS) is 19.1. The summed E-state index contributed by atoms with van der Waals surface area (Å²) < 4.78 is 5.23. The molecule has 1 saturated heterocycles. The number of hydrogen-bond acceptors (Lipinski definition) is 2. The number of benzene rings is 3. The Balaban J connectivity index is 1.27. The van der Waals surface area contributed by atoms with E-state index in [0.29, 0.717) is 6.54 Å². The predicted octanol–water partition coefficient (Wildman–Crippen LogP) is 0.771. The van der Waals surface area contributed by atoms with Crippen molar-refractivity contribution in [1.82, 2.24) is 0 Å². The highest BCUT2D eigenvalue weighted by Gasteiger charge is 2.25. The fourth-order valence-electron chi connectivity index (χ4n) is 4.10. The molecule has 0 radical (unpaired) electrons. The van der Waals surface area contributed by atoms with Gasteiger partial charge in [-0.1, -0.05) is 36.4 Å². The van der Waals surface area contributed by atoms with Gasteiger partial charge in [-0.05, 0) is 35.7 Å². The van der Waals surface area contributed by atoms with Crippen molar-refractivity contribution in [2.75, 3.05) is 45.2 Å². The highest BCUT2D eigenvalue weighted by atomic mass is 16.5. The van der Waals surface area contributed by atoms with Gasteiger partial charge < -0.3 is 19.9 Å². The van der Waals surface area contributed by atoms with Gasteiger partial charge in [0, 0.05) is 16.6 Å². The molecular weight excluding hydrogens is 362 g/mol. The van der Waals surface area contributed by atoms with Gasteiger partial charge in [0.15, 0.2) is 6.54 Å². The van der Waals surface area contributed by atoms with Crippen LogP contribution in [0.4, 0.5) is 5.69 Å². The zero-order chi connectivity index (χ0) is 20.1. The van der Waals surface area contributed by atoms with Crippen LogP contribution >= 0.6 is 0 Å². The van der Waals surface area contributed by atoms with Gasteiger partial charge in [-0.15, -0.1) is 0 Å². The minimum Gasteiger partial charge on any atom is -0.497 e. The third-order valence-corrected chi connectivity index (χ3v) is 5.75. The lowest BCUT2D eigenvalue weighted by Gasteiger charge is -2.29. The number of ether oxygens (including phenoxy) is 1. The summed E-state index contributed by atoms with van der Waals surface area (Å²) in [4.78, 5) is 15.5. The van der Waals surface area contributed by atoms with Gasteiger partial charge in [-0.2, -0.15) is 0 Å². The number of amides is 1. The molecule has 1 aliphatic rings. The molecule has 5 nitrogen and oxygen atoms in total. The van der Waals surface area contributed by atoms with Gasteiger partial charge in [0.1, 0.15) is 38.5 Å². The fourth-order valence-corrected chi connectivity index (χ4v) is 4.10. The van der Waals surface area contributed by atoms with E-state index < -0.39 is 0 Å². The molecule has 0 spiro atoms. The molecule has 29 heavy (non-hydrogen) atoms. The molecule has 1 amide bonds. The molecule has 0 saturated carbocycles. The number of carbonyl (C=O) groups is 1. The van der Waals surface area contributed by atoms with Gasteiger partial charge in [0.2, 0.25) is 0 Å². The number of quaternary nitrogens is 2. The summed E-state index contributed by atoms with van der Waals surface area (Å²) in [5, 5.41) is 5.35. The third kappa shape index (κ3) is 4.94. The summed E-state index contributed by atoms with van der Waals surface area (Å²) in [5.41, 5.74) is 2.23. The molecule has 0 atom stereocenters. The van der Waals surface area contributed by atoms with E-state index in [4.69, 9.17) is 4.74 Å². The predicted molar refractivity (Wildman–Crippen MR) is 116 cm³/mol. The van der Waals surface area contributed by atoms with Crippen LogP contribution in [0.5, 0.6) is 5.75 Å². The van der Waals surface area contributed by atoms with E-state index in [0.717, 1.165) is 54.9 Å². The first kappa shape index (κ1) is 19.4. The molecule has 1 heterocycles. The lowest BCUT2D eigenvalue weighted by molar-refractivity contribution is -1.02. The van der Waals surface area contributed by atoms with Crippen molar-refractivity contribution in [3.05, 3.63) is 72.3 Å². The molecule has 1 fully saturated rings. The van der Waals surface area contributed by atoms with Gasteiger partial charge in [-0.3, -0.25) is 4.79 Å². The molecule has 150 valence electrons. The molecule has 0 bridgehead atoms. The number of rotatable bonds is 6. The van der Waals surface area contributed by atoms with Gasteiger partial charge in [0.25, 0.3) is 5.91 Å². The maximum atomic E-state index is 12.6. The second kappa shape index (κ2) is 9.07. The molecule has 5 heteroatoms. The smallest absolute Gasteiger partial charge is 0.279 e. The first-order valence-corrected chi connectivity index (χ1v) is 10.3. The summed E-state index contributed by atoms with van der Waals surface area (Å²) in [7, 11) is 1.69. The number of nitrogens with one attached hydrogen (secondary N) is 3. The van der Waals surface area contributed by atoms with Crippen molar-refractivity contribution >= 4 is 22.4 Å². The van der Waals surface area contributed by atoms with Crippen LogP contribution in [-0.2, 0) is 11.3 Å². The topological polar surface area (TPSA) is 47.2 Å². The highest BCUT2D eigenvalue weighted by molar-refractivity contribution is 6.02. The van der Waals surface area contributed by atoms with E-state index in [9.17, 15) is 4.79 Å². The van der Waals surface area contributed by atoms with Crippen LogP contribution in [0.2, 0.25) is 0 Å². The van der Waals surface area contributed by atoms with Crippen molar-refractivity contribution < 1.29 is 19.3 Å². The number of piperazine rings is 1. The lowest BCUT2D eigenvalue weighted by atomic mass is 10.1. The summed E-state index contributed by atoms with van der Waals surface area (Å²) in [6.07, 6.45) is 0. The molecule has 1 aliphatic heterocycles. The lowest BCUT2D eigenvalue weighted by Crippen LogP contribution is -3.28. The minimum absolute atomic E-state index is 0.0926. The standard InChI is InChI=1S/C24H27N3O2/c1-29-21-11-9-19(10-12-21)17-26-13-15-27(16-14-26)18-24(28)25-23-8-4-6-20-5-2-3-7-22(20)23/h2-12H,13-18H2,1H3,(H,25,28)/p+2. The van der Waals surface area contributed by atoms with E-state index in [1.165, 1.54) is 10.5 Å². The van der Waals surface area contributed by atoms with Gasteiger partial charge >= 0.3 is 0 Å². The molecule has 4 rings (SSSR count). The largest absolute Gasteiger partial charge is 0.497 e. The number of fused-ring (bicyclic) bond motifs is 1. The molecule has 3 aromatic carbocycles. The molecule has 0 aromatic heterocycles. The summed E-state index contributed by atoms with van der Waals surface area (Å²) >= 11 is 0. The maximum absolute atomic E-state index is 12.6. The van der Waals surface area contributed by atoms with Crippen LogP contribution in [0.15, 0.2) is 66.7 Å².